The number of anilines is 1. The number of benzene rings is 2. The molecule has 3 nitrogen and oxygen atoms in total. The van der Waals surface area contributed by atoms with Gasteiger partial charge in [-0.2, -0.15) is 0 Å². The van der Waals surface area contributed by atoms with Gasteiger partial charge in [-0.15, -0.1) is 0 Å². The summed E-state index contributed by atoms with van der Waals surface area (Å²) in [6.45, 7) is 0.844. The Bertz CT molecular complexity index is 619. The molecule has 0 aliphatic carbocycles. The number of carbonyl (C=O) groups is 1. The van der Waals surface area contributed by atoms with Gasteiger partial charge in [-0.1, -0.05) is 35.9 Å². The van der Waals surface area contributed by atoms with Gasteiger partial charge in [0.15, 0.2) is 0 Å². The highest BCUT2D eigenvalue weighted by Gasteiger charge is 2.03. The van der Waals surface area contributed by atoms with E-state index in [-0.39, 0.29) is 11.7 Å². The van der Waals surface area contributed by atoms with Crippen molar-refractivity contribution in [3.05, 3.63) is 64.9 Å². The summed E-state index contributed by atoms with van der Waals surface area (Å²) in [6.07, 6.45) is 0.307. The average molecular weight is 307 g/mol. The first-order valence-corrected chi connectivity index (χ1v) is 7.02. The lowest BCUT2D eigenvalue weighted by atomic mass is 10.2. The molecule has 0 fully saturated rings. The molecule has 2 rings (SSSR count). The summed E-state index contributed by atoms with van der Waals surface area (Å²) in [5.41, 5.74) is 1.54. The number of nitrogens with one attached hydrogen (secondary N) is 2. The van der Waals surface area contributed by atoms with Gasteiger partial charge in [0.1, 0.15) is 5.82 Å². The molecule has 0 aliphatic heterocycles. The van der Waals surface area contributed by atoms with E-state index in [1.807, 2.05) is 18.2 Å². The van der Waals surface area contributed by atoms with Crippen LogP contribution in [0.2, 0.25) is 5.02 Å². The Hall–Kier alpha value is -2.07. The molecule has 110 valence electrons. The first-order chi connectivity index (χ1) is 10.1. The van der Waals surface area contributed by atoms with Crippen LogP contribution in [0.4, 0.5) is 10.1 Å². The highest BCUT2D eigenvalue weighted by Crippen LogP contribution is 2.14. The van der Waals surface area contributed by atoms with Gasteiger partial charge in [0.05, 0.1) is 0 Å². The van der Waals surface area contributed by atoms with E-state index in [4.69, 9.17) is 11.6 Å². The molecule has 0 saturated carbocycles. The Balaban J connectivity index is 1.72. The van der Waals surface area contributed by atoms with Gasteiger partial charge in [0.2, 0.25) is 5.91 Å². The highest BCUT2D eigenvalue weighted by atomic mass is 35.5. The molecule has 2 aromatic carbocycles. The van der Waals surface area contributed by atoms with Crippen LogP contribution in [0.1, 0.15) is 12.0 Å². The van der Waals surface area contributed by atoms with Crippen molar-refractivity contribution in [1.82, 2.24) is 5.32 Å². The zero-order valence-corrected chi connectivity index (χ0v) is 12.2. The van der Waals surface area contributed by atoms with Gasteiger partial charge in [-0.25, -0.2) is 4.39 Å². The van der Waals surface area contributed by atoms with Crippen LogP contribution >= 0.6 is 11.6 Å². The van der Waals surface area contributed by atoms with Crippen molar-refractivity contribution in [2.24, 2.45) is 0 Å². The van der Waals surface area contributed by atoms with Crippen LogP contribution < -0.4 is 10.6 Å². The minimum atomic E-state index is -0.303. The number of amides is 1. The molecule has 0 spiro atoms. The normalized spacial score (nSPS) is 10.2. The number of carbonyl (C=O) groups excluding carboxylic acids is 1. The van der Waals surface area contributed by atoms with Gasteiger partial charge < -0.3 is 10.6 Å². The lowest BCUT2D eigenvalue weighted by Gasteiger charge is -2.08. The van der Waals surface area contributed by atoms with Crippen LogP contribution in [-0.4, -0.2) is 12.5 Å². The molecule has 5 heteroatoms. The number of halogens is 2. The molecule has 0 atom stereocenters. The molecule has 0 aliphatic rings. The maximum Gasteiger partial charge on any atom is 0.222 e. The molecular weight excluding hydrogens is 291 g/mol. The topological polar surface area (TPSA) is 41.1 Å². The first kappa shape index (κ1) is 15.3. The molecule has 1 amide bonds. The van der Waals surface area contributed by atoms with E-state index in [1.54, 1.807) is 18.2 Å². The second-order valence-electron chi connectivity index (χ2n) is 4.56. The minimum absolute atomic E-state index is 0.0844. The Kier molecular flexibility index (Phi) is 5.58. The summed E-state index contributed by atoms with van der Waals surface area (Å²) in [5, 5.41) is 6.43. The second kappa shape index (κ2) is 7.64. The third-order valence-corrected chi connectivity index (χ3v) is 3.31. The molecule has 0 radical (unpaired) electrons. The van der Waals surface area contributed by atoms with E-state index in [0.29, 0.717) is 30.2 Å². The van der Waals surface area contributed by atoms with Crippen LogP contribution in [0.5, 0.6) is 0 Å². The van der Waals surface area contributed by atoms with Crippen LogP contribution in [-0.2, 0) is 11.3 Å². The van der Waals surface area contributed by atoms with Crippen molar-refractivity contribution in [1.29, 1.82) is 0 Å². The van der Waals surface area contributed by atoms with Crippen molar-refractivity contribution < 1.29 is 9.18 Å². The van der Waals surface area contributed by atoms with E-state index in [2.05, 4.69) is 10.6 Å². The van der Waals surface area contributed by atoms with E-state index in [0.717, 1.165) is 5.56 Å². The lowest BCUT2D eigenvalue weighted by molar-refractivity contribution is -0.121. The number of hydrogen-bond donors (Lipinski definition) is 2. The third kappa shape index (κ3) is 5.08. The average Bonchev–Trinajstić information content (AvgIpc) is 2.46. The molecule has 0 bridgehead atoms. The van der Waals surface area contributed by atoms with Crippen LogP contribution in [0, 0.1) is 5.82 Å². The quantitative estimate of drug-likeness (QED) is 0.856. The molecule has 0 heterocycles. The molecule has 0 aromatic heterocycles. The molecule has 21 heavy (non-hydrogen) atoms. The summed E-state index contributed by atoms with van der Waals surface area (Å²) in [5.74, 6) is -0.387. The monoisotopic (exact) mass is 306 g/mol. The first-order valence-electron chi connectivity index (χ1n) is 6.65. The van der Waals surface area contributed by atoms with Crippen LogP contribution in [0.15, 0.2) is 48.5 Å². The minimum Gasteiger partial charge on any atom is -0.384 e. The summed E-state index contributed by atoms with van der Waals surface area (Å²) in [7, 11) is 0. The fourth-order valence-electron chi connectivity index (χ4n) is 1.84. The zero-order valence-electron chi connectivity index (χ0n) is 11.4. The van der Waals surface area contributed by atoms with E-state index < -0.39 is 0 Å². The van der Waals surface area contributed by atoms with E-state index >= 15 is 0 Å². The molecule has 0 unspecified atom stereocenters. The molecule has 0 saturated heterocycles. The Morgan fingerprint density at radius 1 is 1.14 bits per heavy atom. The predicted molar refractivity (Wildman–Crippen MR) is 82.8 cm³/mol. The van der Waals surface area contributed by atoms with Crippen molar-refractivity contribution in [3.63, 3.8) is 0 Å². The van der Waals surface area contributed by atoms with E-state index in [1.165, 1.54) is 12.1 Å². The van der Waals surface area contributed by atoms with Crippen LogP contribution in [0.3, 0.4) is 0 Å². The van der Waals surface area contributed by atoms with Gasteiger partial charge in [-0.05, 0) is 29.8 Å². The molecule has 2 N–H and O–H groups in total. The largest absolute Gasteiger partial charge is 0.384 e. The number of rotatable bonds is 6. The fraction of sp³-hybridized carbons (Fsp3) is 0.188. The summed E-state index contributed by atoms with van der Waals surface area (Å²) < 4.78 is 13.0. The second-order valence-corrected chi connectivity index (χ2v) is 4.96. The molecular formula is C16H16ClFN2O. The van der Waals surface area contributed by atoms with Crippen molar-refractivity contribution >= 4 is 23.2 Å². The Labute approximate surface area is 128 Å². The Morgan fingerprint density at radius 3 is 2.71 bits per heavy atom. The van der Waals surface area contributed by atoms with Gasteiger partial charge in [0.25, 0.3) is 0 Å². The smallest absolute Gasteiger partial charge is 0.222 e. The van der Waals surface area contributed by atoms with Crippen molar-refractivity contribution in [2.75, 3.05) is 11.9 Å². The van der Waals surface area contributed by atoms with Gasteiger partial charge in [0, 0.05) is 30.2 Å². The Morgan fingerprint density at radius 2 is 1.95 bits per heavy atom. The fourth-order valence-corrected chi connectivity index (χ4v) is 2.05. The SMILES string of the molecule is O=C(CCNc1cccc(F)c1)NCc1ccccc1Cl. The lowest BCUT2D eigenvalue weighted by Crippen LogP contribution is -2.25. The van der Waals surface area contributed by atoms with Gasteiger partial charge >= 0.3 is 0 Å². The van der Waals surface area contributed by atoms with Crippen LogP contribution in [0.25, 0.3) is 0 Å². The van der Waals surface area contributed by atoms with Crippen molar-refractivity contribution in [2.45, 2.75) is 13.0 Å². The van der Waals surface area contributed by atoms with Crippen molar-refractivity contribution in [3.8, 4) is 0 Å². The third-order valence-electron chi connectivity index (χ3n) is 2.94. The van der Waals surface area contributed by atoms with E-state index in [9.17, 15) is 9.18 Å². The highest BCUT2D eigenvalue weighted by molar-refractivity contribution is 6.31. The summed E-state index contributed by atoms with van der Waals surface area (Å²) >= 11 is 6.01. The molecule has 2 aromatic rings. The maximum absolute atomic E-state index is 13.0. The standard InChI is InChI=1S/C16H16ClFN2O/c17-15-7-2-1-4-12(15)11-20-16(21)8-9-19-14-6-3-5-13(18)10-14/h1-7,10,19H,8-9,11H2,(H,20,21). The summed E-state index contributed by atoms with van der Waals surface area (Å²) in [6, 6.07) is 13.5. The van der Waals surface area contributed by atoms with Gasteiger partial charge in [-0.3, -0.25) is 4.79 Å². The maximum atomic E-state index is 13.0. The number of hydrogen-bond acceptors (Lipinski definition) is 2. The zero-order chi connectivity index (χ0) is 15.1. The predicted octanol–water partition coefficient (Wildman–Crippen LogP) is 3.60. The summed E-state index contributed by atoms with van der Waals surface area (Å²) in [4.78, 5) is 11.7.